The molecule has 0 spiro atoms. The van der Waals surface area contributed by atoms with Gasteiger partial charge in [-0.05, 0) is 31.4 Å². The highest BCUT2D eigenvalue weighted by Gasteiger charge is 2.23. The van der Waals surface area contributed by atoms with E-state index < -0.39 is 0 Å². The molecule has 1 aliphatic rings. The molecule has 122 valence electrons. The Morgan fingerprint density at radius 2 is 1.86 bits per heavy atom. The van der Waals surface area contributed by atoms with Gasteiger partial charge in [0.25, 0.3) is 5.91 Å². The van der Waals surface area contributed by atoms with Crippen LogP contribution in [0.1, 0.15) is 26.3 Å². The van der Waals surface area contributed by atoms with E-state index in [1.165, 1.54) is 16.2 Å². The number of carbonyl (C=O) groups is 1. The summed E-state index contributed by atoms with van der Waals surface area (Å²) >= 11 is 0. The van der Waals surface area contributed by atoms with Crippen LogP contribution in [0.15, 0.2) is 24.3 Å². The van der Waals surface area contributed by atoms with Gasteiger partial charge in [0.2, 0.25) is 0 Å². The summed E-state index contributed by atoms with van der Waals surface area (Å²) in [4.78, 5) is 15.9. The number of nitrogens with zero attached hydrogens (tertiary/aromatic N) is 1. The van der Waals surface area contributed by atoms with Gasteiger partial charge in [-0.2, -0.15) is 0 Å². The zero-order valence-corrected chi connectivity index (χ0v) is 14.4. The van der Waals surface area contributed by atoms with Crippen LogP contribution >= 0.6 is 0 Å². The Morgan fingerprint density at radius 1 is 1.23 bits per heavy atom. The third-order valence-electron chi connectivity index (χ3n) is 4.73. The van der Waals surface area contributed by atoms with Crippen LogP contribution < -0.4 is 15.1 Å². The van der Waals surface area contributed by atoms with Crippen molar-refractivity contribution in [2.45, 2.75) is 33.7 Å². The monoisotopic (exact) mass is 304 g/mol. The fourth-order valence-electron chi connectivity index (χ4n) is 2.86. The number of amides is 1. The van der Waals surface area contributed by atoms with Crippen molar-refractivity contribution in [3.05, 3.63) is 29.8 Å². The van der Waals surface area contributed by atoms with Crippen LogP contribution in [0.4, 0.5) is 5.69 Å². The van der Waals surface area contributed by atoms with Gasteiger partial charge < -0.3 is 15.1 Å². The second kappa shape index (κ2) is 7.63. The quantitative estimate of drug-likeness (QED) is 0.847. The minimum atomic E-state index is 0.181. The lowest BCUT2D eigenvalue weighted by molar-refractivity contribution is -0.892. The number of aryl methyl sites for hydroxylation is 1. The van der Waals surface area contributed by atoms with Crippen molar-refractivity contribution in [3.63, 3.8) is 0 Å². The van der Waals surface area contributed by atoms with Crippen LogP contribution in [-0.4, -0.2) is 44.7 Å². The maximum Gasteiger partial charge on any atom is 0.275 e. The average Bonchev–Trinajstić information content (AvgIpc) is 2.48. The molecule has 1 aromatic rings. The lowest BCUT2D eigenvalue weighted by Crippen LogP contribution is -3.16. The summed E-state index contributed by atoms with van der Waals surface area (Å²) in [6.07, 6.45) is 0. The first-order valence-corrected chi connectivity index (χ1v) is 8.41. The molecule has 2 rings (SSSR count). The molecule has 0 bridgehead atoms. The summed E-state index contributed by atoms with van der Waals surface area (Å²) in [7, 11) is 0. The Balaban J connectivity index is 1.80. The minimum absolute atomic E-state index is 0.181. The number of hydrogen-bond donors (Lipinski definition) is 2. The largest absolute Gasteiger partial charge is 0.360 e. The molecule has 4 heteroatoms. The summed E-state index contributed by atoms with van der Waals surface area (Å²) in [5.41, 5.74) is 2.66. The lowest BCUT2D eigenvalue weighted by Gasteiger charge is -2.34. The van der Waals surface area contributed by atoms with Crippen molar-refractivity contribution >= 4 is 11.6 Å². The molecule has 2 N–H and O–H groups in total. The van der Waals surface area contributed by atoms with E-state index in [4.69, 9.17) is 0 Å². The number of anilines is 1. The molecular weight excluding hydrogens is 274 g/mol. The first-order valence-electron chi connectivity index (χ1n) is 8.41. The number of hydrogen-bond acceptors (Lipinski definition) is 2. The summed E-state index contributed by atoms with van der Waals surface area (Å²) < 4.78 is 0. The number of piperazine rings is 1. The molecule has 1 atom stereocenters. The van der Waals surface area contributed by atoms with Gasteiger partial charge in [-0.3, -0.25) is 4.79 Å². The minimum Gasteiger partial charge on any atom is -0.360 e. The van der Waals surface area contributed by atoms with Crippen molar-refractivity contribution < 1.29 is 9.69 Å². The van der Waals surface area contributed by atoms with Crippen LogP contribution in [0.2, 0.25) is 0 Å². The van der Waals surface area contributed by atoms with Crippen LogP contribution in [0.25, 0.3) is 0 Å². The Hall–Kier alpha value is -1.55. The molecule has 1 heterocycles. The highest BCUT2D eigenvalue weighted by Crippen LogP contribution is 2.18. The van der Waals surface area contributed by atoms with Crippen LogP contribution in [0.5, 0.6) is 0 Å². The molecule has 1 fully saturated rings. The van der Waals surface area contributed by atoms with Crippen molar-refractivity contribution in [1.82, 2.24) is 5.32 Å². The van der Waals surface area contributed by atoms with E-state index in [1.54, 1.807) is 0 Å². The van der Waals surface area contributed by atoms with Gasteiger partial charge in [-0.15, -0.1) is 0 Å². The molecule has 1 aliphatic heterocycles. The number of quaternary nitrogens is 1. The summed E-state index contributed by atoms with van der Waals surface area (Å²) in [6, 6.07) is 8.79. The smallest absolute Gasteiger partial charge is 0.275 e. The zero-order chi connectivity index (χ0) is 16.1. The molecule has 0 radical (unpaired) electrons. The third kappa shape index (κ3) is 4.47. The molecule has 0 saturated carbocycles. The van der Waals surface area contributed by atoms with Gasteiger partial charge in [-0.1, -0.05) is 32.0 Å². The topological polar surface area (TPSA) is 36.8 Å². The van der Waals surface area contributed by atoms with Gasteiger partial charge >= 0.3 is 0 Å². The second-order valence-electron chi connectivity index (χ2n) is 6.80. The van der Waals surface area contributed by atoms with Crippen molar-refractivity contribution in [2.24, 2.45) is 5.92 Å². The SMILES string of the molecule is Cc1ccccc1N1CC[NH+](CC(=O)N[C@@H](C)C(C)C)CC1. The number of rotatable bonds is 5. The van der Waals surface area contributed by atoms with Gasteiger partial charge in [-0.25, -0.2) is 0 Å². The maximum absolute atomic E-state index is 12.1. The molecule has 4 nitrogen and oxygen atoms in total. The lowest BCUT2D eigenvalue weighted by atomic mass is 10.1. The average molecular weight is 304 g/mol. The molecule has 0 aliphatic carbocycles. The first kappa shape index (κ1) is 16.8. The van der Waals surface area contributed by atoms with E-state index in [2.05, 4.69) is 62.2 Å². The van der Waals surface area contributed by atoms with E-state index in [0.717, 1.165) is 26.2 Å². The normalized spacial score (nSPS) is 17.6. The van der Waals surface area contributed by atoms with E-state index >= 15 is 0 Å². The fourth-order valence-corrected chi connectivity index (χ4v) is 2.86. The number of carbonyl (C=O) groups excluding carboxylic acids is 1. The molecule has 1 saturated heterocycles. The van der Waals surface area contributed by atoms with Gasteiger partial charge in [0.15, 0.2) is 6.54 Å². The predicted octanol–water partition coefficient (Wildman–Crippen LogP) is 0.861. The molecule has 22 heavy (non-hydrogen) atoms. The summed E-state index contributed by atoms with van der Waals surface area (Å²) in [5.74, 6) is 0.664. The highest BCUT2D eigenvalue weighted by atomic mass is 16.2. The Kier molecular flexibility index (Phi) is 5.83. The Bertz CT molecular complexity index is 493. The van der Waals surface area contributed by atoms with Crippen LogP contribution in [-0.2, 0) is 4.79 Å². The number of benzene rings is 1. The number of nitrogens with one attached hydrogen (secondary N) is 2. The zero-order valence-electron chi connectivity index (χ0n) is 14.4. The molecule has 1 aromatic carbocycles. The van der Waals surface area contributed by atoms with Gasteiger partial charge in [0, 0.05) is 11.7 Å². The first-order chi connectivity index (χ1) is 10.5. The molecule has 0 unspecified atom stereocenters. The van der Waals surface area contributed by atoms with E-state index in [-0.39, 0.29) is 11.9 Å². The van der Waals surface area contributed by atoms with Crippen LogP contribution in [0, 0.1) is 12.8 Å². The molecule has 1 amide bonds. The van der Waals surface area contributed by atoms with Gasteiger partial charge in [0.1, 0.15) is 0 Å². The van der Waals surface area contributed by atoms with Crippen molar-refractivity contribution in [1.29, 1.82) is 0 Å². The second-order valence-corrected chi connectivity index (χ2v) is 6.80. The standard InChI is InChI=1S/C18H29N3O/c1-14(2)16(4)19-18(22)13-20-9-11-21(12-10-20)17-8-6-5-7-15(17)3/h5-8,14,16H,9-13H2,1-4H3,(H,19,22)/p+1/t16-/m0/s1. The van der Waals surface area contributed by atoms with Crippen molar-refractivity contribution in [3.8, 4) is 0 Å². The Labute approximate surface area is 134 Å². The summed E-state index contributed by atoms with van der Waals surface area (Å²) in [5, 5.41) is 3.11. The summed E-state index contributed by atoms with van der Waals surface area (Å²) in [6.45, 7) is 13.2. The maximum atomic E-state index is 12.1. The molecule has 0 aromatic heterocycles. The van der Waals surface area contributed by atoms with Crippen molar-refractivity contribution in [2.75, 3.05) is 37.6 Å². The highest BCUT2D eigenvalue weighted by molar-refractivity contribution is 5.77. The number of para-hydroxylation sites is 1. The van der Waals surface area contributed by atoms with Gasteiger partial charge in [0.05, 0.1) is 26.2 Å². The third-order valence-corrected chi connectivity index (χ3v) is 4.73. The molecular formula is C18H30N3O+. The Morgan fingerprint density at radius 3 is 2.45 bits per heavy atom. The van der Waals surface area contributed by atoms with E-state index in [9.17, 15) is 4.79 Å². The van der Waals surface area contributed by atoms with Crippen LogP contribution in [0.3, 0.4) is 0 Å². The van der Waals surface area contributed by atoms with E-state index in [1.807, 2.05) is 0 Å². The fraction of sp³-hybridized carbons (Fsp3) is 0.611. The predicted molar refractivity (Wildman–Crippen MR) is 91.4 cm³/mol. The van der Waals surface area contributed by atoms with E-state index in [0.29, 0.717) is 12.5 Å².